The number of hydrogen-bond donors (Lipinski definition) is 1. The van der Waals surface area contributed by atoms with Gasteiger partial charge in [0.15, 0.2) is 0 Å². The van der Waals surface area contributed by atoms with Crippen molar-refractivity contribution in [2.24, 2.45) is 5.92 Å². The van der Waals surface area contributed by atoms with Crippen molar-refractivity contribution < 1.29 is 22.1 Å². The molecule has 0 aliphatic heterocycles. The van der Waals surface area contributed by atoms with Crippen LogP contribution >= 0.6 is 11.6 Å². The van der Waals surface area contributed by atoms with Crippen LogP contribution in [0.3, 0.4) is 0 Å². The van der Waals surface area contributed by atoms with Gasteiger partial charge in [-0.05, 0) is 36.6 Å². The molecule has 25 heavy (non-hydrogen) atoms. The van der Waals surface area contributed by atoms with Crippen molar-refractivity contribution in [3.63, 3.8) is 0 Å². The van der Waals surface area contributed by atoms with Gasteiger partial charge >= 0.3 is 5.97 Å². The molecule has 0 saturated carbocycles. The van der Waals surface area contributed by atoms with Gasteiger partial charge in [-0.2, -0.15) is 8.42 Å². The molecule has 0 aromatic heterocycles. The molecule has 0 heterocycles. The number of nitrogen functional groups attached to an aromatic ring is 1. The number of benzene rings is 1. The van der Waals surface area contributed by atoms with Crippen molar-refractivity contribution in [2.75, 3.05) is 25.2 Å². The molecule has 142 valence electrons. The zero-order valence-corrected chi connectivity index (χ0v) is 16.2. The third-order valence-corrected chi connectivity index (χ3v) is 4.40. The molecule has 0 amide bonds. The lowest BCUT2D eigenvalue weighted by Crippen LogP contribution is -2.23. The maximum Gasteiger partial charge on any atom is 0.305 e. The fourth-order valence-electron chi connectivity index (χ4n) is 2.25. The number of anilines is 1. The summed E-state index contributed by atoms with van der Waals surface area (Å²) in [5, 5.41) is 0.531. The largest absolute Gasteiger partial charge is 0.465 e. The van der Waals surface area contributed by atoms with Crippen LogP contribution in [0.2, 0.25) is 5.02 Å². The fraction of sp³-hybridized carbons (Fsp3) is 0.588. The van der Waals surface area contributed by atoms with Gasteiger partial charge in [-0.3, -0.25) is 8.98 Å². The van der Waals surface area contributed by atoms with Crippen molar-refractivity contribution in [1.82, 2.24) is 0 Å². The number of carbonyl (C=O) groups is 1. The van der Waals surface area contributed by atoms with E-state index in [4.69, 9.17) is 26.3 Å². The van der Waals surface area contributed by atoms with Crippen molar-refractivity contribution in [3.05, 3.63) is 28.8 Å². The van der Waals surface area contributed by atoms with E-state index in [0.29, 0.717) is 23.6 Å². The molecule has 1 atom stereocenters. The Balaban J connectivity index is 2.68. The molecule has 8 heteroatoms. The Morgan fingerprint density at radius 2 is 2.00 bits per heavy atom. The molecule has 0 spiro atoms. The highest BCUT2D eigenvalue weighted by Gasteiger charge is 2.17. The van der Waals surface area contributed by atoms with E-state index < -0.39 is 10.1 Å². The van der Waals surface area contributed by atoms with E-state index in [2.05, 4.69) is 6.92 Å². The van der Waals surface area contributed by atoms with Gasteiger partial charge in [-0.15, -0.1) is 0 Å². The summed E-state index contributed by atoms with van der Waals surface area (Å²) in [4.78, 5) is 11.8. The summed E-state index contributed by atoms with van der Waals surface area (Å²) >= 11 is 5.98. The van der Waals surface area contributed by atoms with Gasteiger partial charge in [0, 0.05) is 23.0 Å². The number of esters is 1. The van der Waals surface area contributed by atoms with Crippen LogP contribution in [-0.4, -0.2) is 33.9 Å². The Bertz CT molecular complexity index is 663. The first-order valence-corrected chi connectivity index (χ1v) is 10.4. The average molecular weight is 392 g/mol. The van der Waals surface area contributed by atoms with E-state index in [1.807, 2.05) is 0 Å². The quantitative estimate of drug-likeness (QED) is 0.269. The number of halogens is 1. The first kappa shape index (κ1) is 21.7. The maximum atomic E-state index is 11.8. The van der Waals surface area contributed by atoms with Crippen molar-refractivity contribution >= 4 is 33.4 Å². The SMILES string of the molecule is CCCCCC(=O)OC[C@H](COS(C)(=O)=O)Cc1cc(Cl)ccc1N. The van der Waals surface area contributed by atoms with Crippen LogP contribution in [0.15, 0.2) is 18.2 Å². The van der Waals surface area contributed by atoms with Crippen LogP contribution in [0.4, 0.5) is 5.69 Å². The molecule has 0 bridgehead atoms. The molecular formula is C17H26ClNO5S. The third kappa shape index (κ3) is 9.67. The normalized spacial score (nSPS) is 12.8. The van der Waals surface area contributed by atoms with E-state index in [9.17, 15) is 13.2 Å². The Labute approximate surface area is 154 Å². The maximum absolute atomic E-state index is 11.8. The minimum Gasteiger partial charge on any atom is -0.465 e. The molecule has 0 fully saturated rings. The summed E-state index contributed by atoms with van der Waals surface area (Å²) in [5.74, 6) is -0.637. The van der Waals surface area contributed by atoms with Crippen molar-refractivity contribution in [1.29, 1.82) is 0 Å². The van der Waals surface area contributed by atoms with Crippen LogP contribution in [0.1, 0.15) is 38.2 Å². The minimum atomic E-state index is -3.58. The van der Waals surface area contributed by atoms with Crippen LogP contribution in [0, 0.1) is 5.92 Å². The monoisotopic (exact) mass is 391 g/mol. The van der Waals surface area contributed by atoms with E-state index in [0.717, 1.165) is 31.1 Å². The first-order valence-electron chi connectivity index (χ1n) is 8.25. The number of ether oxygens (including phenoxy) is 1. The van der Waals surface area contributed by atoms with Gasteiger partial charge in [0.05, 0.1) is 19.5 Å². The summed E-state index contributed by atoms with van der Waals surface area (Å²) < 4.78 is 32.6. The van der Waals surface area contributed by atoms with Gasteiger partial charge in [-0.25, -0.2) is 0 Å². The predicted octanol–water partition coefficient (Wildman–Crippen LogP) is 3.18. The standard InChI is InChI=1S/C17H26ClNO5S/c1-3-4-5-6-17(20)23-11-13(12-24-25(2,21)22)9-14-10-15(18)7-8-16(14)19/h7-8,10,13H,3-6,9,11-12,19H2,1-2H3/t13-/m1/s1. The zero-order valence-electron chi connectivity index (χ0n) is 14.7. The second-order valence-electron chi connectivity index (χ2n) is 6.04. The number of carbonyl (C=O) groups excluding carboxylic acids is 1. The molecule has 6 nitrogen and oxygen atoms in total. The lowest BCUT2D eigenvalue weighted by molar-refractivity contribution is -0.145. The Morgan fingerprint density at radius 3 is 2.64 bits per heavy atom. The van der Waals surface area contributed by atoms with Crippen LogP contribution in [0.5, 0.6) is 0 Å². The summed E-state index contributed by atoms with van der Waals surface area (Å²) in [6, 6.07) is 5.08. The molecule has 2 N–H and O–H groups in total. The summed E-state index contributed by atoms with van der Waals surface area (Å²) in [5.41, 5.74) is 7.24. The molecule has 0 aliphatic rings. The number of hydrogen-bond acceptors (Lipinski definition) is 6. The highest BCUT2D eigenvalue weighted by atomic mass is 35.5. The lowest BCUT2D eigenvalue weighted by Gasteiger charge is -2.18. The van der Waals surface area contributed by atoms with Gasteiger partial charge in [0.1, 0.15) is 0 Å². The second kappa shape index (κ2) is 10.6. The van der Waals surface area contributed by atoms with Gasteiger partial charge < -0.3 is 10.5 Å². The summed E-state index contributed by atoms with van der Waals surface area (Å²) in [6.07, 6.45) is 4.49. The molecule has 0 aliphatic carbocycles. The van der Waals surface area contributed by atoms with Gasteiger partial charge in [0.25, 0.3) is 10.1 Å². The number of unbranched alkanes of at least 4 members (excludes halogenated alkanes) is 2. The van der Waals surface area contributed by atoms with Crippen molar-refractivity contribution in [3.8, 4) is 0 Å². The highest BCUT2D eigenvalue weighted by molar-refractivity contribution is 7.85. The molecule has 0 unspecified atom stereocenters. The number of rotatable bonds is 11. The molecule has 0 radical (unpaired) electrons. The molecule has 1 aromatic rings. The molecule has 1 rings (SSSR count). The average Bonchev–Trinajstić information content (AvgIpc) is 2.52. The second-order valence-corrected chi connectivity index (χ2v) is 8.12. The number of nitrogens with two attached hydrogens (primary N) is 1. The van der Waals surface area contributed by atoms with E-state index in [1.54, 1.807) is 18.2 Å². The molecular weight excluding hydrogens is 366 g/mol. The Kier molecular flexibility index (Phi) is 9.24. The zero-order chi connectivity index (χ0) is 18.9. The van der Waals surface area contributed by atoms with E-state index in [-0.39, 0.29) is 25.1 Å². The smallest absolute Gasteiger partial charge is 0.305 e. The summed E-state index contributed by atoms with van der Waals surface area (Å²) in [6.45, 7) is 2.03. The van der Waals surface area contributed by atoms with E-state index in [1.165, 1.54) is 0 Å². The fourth-order valence-corrected chi connectivity index (χ4v) is 2.88. The van der Waals surface area contributed by atoms with Crippen molar-refractivity contribution in [2.45, 2.75) is 39.0 Å². The Morgan fingerprint density at radius 1 is 1.28 bits per heavy atom. The topological polar surface area (TPSA) is 95.7 Å². The first-order chi connectivity index (χ1) is 11.7. The molecule has 0 saturated heterocycles. The highest BCUT2D eigenvalue weighted by Crippen LogP contribution is 2.22. The predicted molar refractivity (Wildman–Crippen MR) is 99.0 cm³/mol. The van der Waals surface area contributed by atoms with Crippen LogP contribution < -0.4 is 5.73 Å². The van der Waals surface area contributed by atoms with Crippen LogP contribution in [0.25, 0.3) is 0 Å². The lowest BCUT2D eigenvalue weighted by atomic mass is 9.99. The summed E-state index contributed by atoms with van der Waals surface area (Å²) in [7, 11) is -3.58. The minimum absolute atomic E-state index is 0.0619. The third-order valence-electron chi connectivity index (χ3n) is 3.60. The Hall–Kier alpha value is -1.31. The van der Waals surface area contributed by atoms with Gasteiger partial charge in [-0.1, -0.05) is 31.4 Å². The van der Waals surface area contributed by atoms with Crippen LogP contribution in [-0.2, 0) is 30.3 Å². The van der Waals surface area contributed by atoms with Gasteiger partial charge in [0.2, 0.25) is 0 Å². The van der Waals surface area contributed by atoms with E-state index >= 15 is 0 Å². The molecule has 1 aromatic carbocycles.